The third-order valence-corrected chi connectivity index (χ3v) is 13.7. The lowest BCUT2D eigenvalue weighted by atomic mass is 9.84. The van der Waals surface area contributed by atoms with E-state index in [9.17, 15) is 28.8 Å². The zero-order chi connectivity index (χ0) is 42.0. The number of aromatic nitrogens is 1. The van der Waals surface area contributed by atoms with Crippen LogP contribution in [-0.2, 0) is 41.6 Å². The minimum atomic E-state index is -1.37. The summed E-state index contributed by atoms with van der Waals surface area (Å²) in [6.07, 6.45) is 9.14. The van der Waals surface area contributed by atoms with E-state index in [1.54, 1.807) is 41.2 Å². The summed E-state index contributed by atoms with van der Waals surface area (Å²) >= 11 is 0. The third kappa shape index (κ3) is 8.20. The standard InChI is InChI=1S/C45H58N8O7/c1-60-30-16-14-27(15-17-30)23-34-39(54)48-33(18-21-46)42(57)52-22-8-13-37(52)43(58)53-36-12-5-2-9-28(36)25-38(53)41(56)49-35(24-29-26-47-32-11-4-3-10-31(29)32)40(55)51-45(44(59)50-34)19-6-7-20-45/h3-4,10-11,14-17,26,28,33-38,47H,2,5-9,12-13,18-25,46H2,1H3,(H,48,54)(H,49,56)(H,50,59)(H,51,55)/t28-,33+,34+,35+,36-,37-,38-/m1/s1. The normalized spacial score (nSPS) is 28.9. The van der Waals surface area contributed by atoms with Crippen LogP contribution >= 0.6 is 0 Å². The van der Waals surface area contributed by atoms with Crippen LogP contribution in [-0.4, -0.2) is 112 Å². The molecule has 3 aromatic rings. The van der Waals surface area contributed by atoms with Crippen LogP contribution in [0.4, 0.5) is 0 Å². The molecule has 3 saturated heterocycles. The molecule has 15 heteroatoms. The molecule has 5 fully saturated rings. The number of carbonyl (C=O) groups excluding carboxylic acids is 6. The molecule has 2 aromatic carbocycles. The Morgan fingerprint density at radius 2 is 1.48 bits per heavy atom. The molecule has 3 aliphatic heterocycles. The predicted molar refractivity (Wildman–Crippen MR) is 223 cm³/mol. The number of benzene rings is 2. The van der Waals surface area contributed by atoms with Crippen molar-refractivity contribution in [1.82, 2.24) is 36.1 Å². The van der Waals surface area contributed by atoms with Gasteiger partial charge < -0.3 is 46.5 Å². The summed E-state index contributed by atoms with van der Waals surface area (Å²) in [4.78, 5) is 94.7. The lowest BCUT2D eigenvalue weighted by Crippen LogP contribution is -2.65. The number of ether oxygens (including phenoxy) is 1. The topological polar surface area (TPSA) is 208 Å². The minimum absolute atomic E-state index is 0.0815. The van der Waals surface area contributed by atoms with E-state index in [1.807, 2.05) is 30.5 Å². The Morgan fingerprint density at radius 1 is 0.750 bits per heavy atom. The molecule has 60 heavy (non-hydrogen) atoms. The third-order valence-electron chi connectivity index (χ3n) is 13.7. The summed E-state index contributed by atoms with van der Waals surface area (Å²) in [5.74, 6) is -2.00. The molecule has 8 rings (SSSR count). The Bertz CT molecular complexity index is 2100. The average molecular weight is 823 g/mol. The Kier molecular flexibility index (Phi) is 12.1. The largest absolute Gasteiger partial charge is 0.497 e. The molecule has 320 valence electrons. The van der Waals surface area contributed by atoms with Gasteiger partial charge in [-0.3, -0.25) is 28.8 Å². The fraction of sp³-hybridized carbons (Fsp3) is 0.556. The SMILES string of the molecule is COc1ccc(C[C@@H]2NC(=O)C3(CCCC3)NC(=O)[C@H](Cc3c[nH]c4ccccc34)NC(=O)[C@H]3C[C@H]4CCCC[C@H]4N3C(=O)[C@H]3CCCN3C(=O)[C@H](CCN)NC2=O)cc1. The van der Waals surface area contributed by atoms with Crippen LogP contribution in [0, 0.1) is 5.92 Å². The van der Waals surface area contributed by atoms with Gasteiger partial charge >= 0.3 is 0 Å². The number of nitrogens with zero attached hydrogens (tertiary/aromatic N) is 2. The molecule has 0 bridgehead atoms. The number of rotatable bonds is 7. The summed E-state index contributed by atoms with van der Waals surface area (Å²) in [6.45, 7) is 0.401. The van der Waals surface area contributed by atoms with Crippen molar-refractivity contribution in [1.29, 1.82) is 0 Å². The van der Waals surface area contributed by atoms with Crippen molar-refractivity contribution >= 4 is 46.3 Å². The van der Waals surface area contributed by atoms with Crippen LogP contribution in [0.2, 0.25) is 0 Å². The Balaban J connectivity index is 1.19. The Hall–Kier alpha value is -5.44. The van der Waals surface area contributed by atoms with Gasteiger partial charge in [-0.15, -0.1) is 0 Å². The van der Waals surface area contributed by atoms with Gasteiger partial charge in [-0.2, -0.15) is 0 Å². The molecule has 15 nitrogen and oxygen atoms in total. The molecule has 6 amide bonds. The number of hydrogen-bond donors (Lipinski definition) is 6. The van der Waals surface area contributed by atoms with Gasteiger partial charge in [0.2, 0.25) is 35.4 Å². The van der Waals surface area contributed by atoms with Crippen LogP contribution in [0.15, 0.2) is 54.7 Å². The van der Waals surface area contributed by atoms with Crippen molar-refractivity contribution < 1.29 is 33.5 Å². The number of amides is 6. The zero-order valence-corrected chi connectivity index (χ0v) is 34.4. The summed E-state index contributed by atoms with van der Waals surface area (Å²) in [6, 6.07) is 9.73. The number of para-hydroxylation sites is 1. The average Bonchev–Trinajstić information content (AvgIpc) is 4.09. The number of nitrogens with one attached hydrogen (secondary N) is 5. The van der Waals surface area contributed by atoms with Gasteiger partial charge in [-0.05, 0) is 93.2 Å². The maximum Gasteiger partial charge on any atom is 0.246 e. The number of fused-ring (bicyclic) bond motifs is 5. The van der Waals surface area contributed by atoms with E-state index in [1.165, 1.54) is 0 Å². The van der Waals surface area contributed by atoms with Gasteiger partial charge in [0, 0.05) is 42.5 Å². The van der Waals surface area contributed by atoms with Crippen LogP contribution in [0.3, 0.4) is 0 Å². The van der Waals surface area contributed by atoms with Gasteiger partial charge in [-0.25, -0.2) is 0 Å². The van der Waals surface area contributed by atoms with Crippen molar-refractivity contribution in [3.63, 3.8) is 0 Å². The van der Waals surface area contributed by atoms with Crippen molar-refractivity contribution in [2.45, 2.75) is 132 Å². The molecule has 4 heterocycles. The summed E-state index contributed by atoms with van der Waals surface area (Å²) in [7, 11) is 1.56. The van der Waals surface area contributed by atoms with Gasteiger partial charge in [0.05, 0.1) is 7.11 Å². The van der Waals surface area contributed by atoms with Gasteiger partial charge in [-0.1, -0.05) is 56.0 Å². The van der Waals surface area contributed by atoms with Crippen molar-refractivity contribution in [2.75, 3.05) is 20.2 Å². The maximum absolute atomic E-state index is 14.9. The zero-order valence-electron chi connectivity index (χ0n) is 34.4. The Morgan fingerprint density at radius 3 is 2.25 bits per heavy atom. The first kappa shape index (κ1) is 41.3. The maximum atomic E-state index is 14.9. The molecule has 5 aliphatic rings. The summed E-state index contributed by atoms with van der Waals surface area (Å²) in [5.41, 5.74) is 7.10. The van der Waals surface area contributed by atoms with Gasteiger partial charge in [0.1, 0.15) is 41.5 Å². The number of H-pyrrole nitrogens is 1. The summed E-state index contributed by atoms with van der Waals surface area (Å²) < 4.78 is 5.34. The van der Waals surface area contributed by atoms with Crippen LogP contribution in [0.5, 0.6) is 5.75 Å². The highest BCUT2D eigenvalue weighted by atomic mass is 16.5. The second-order valence-electron chi connectivity index (χ2n) is 17.4. The highest BCUT2D eigenvalue weighted by molar-refractivity contribution is 6.00. The van der Waals surface area contributed by atoms with E-state index in [0.717, 1.165) is 47.7 Å². The first-order valence-corrected chi connectivity index (χ1v) is 21.8. The minimum Gasteiger partial charge on any atom is -0.497 e. The second kappa shape index (κ2) is 17.6. The quantitative estimate of drug-likeness (QED) is 0.208. The van der Waals surface area contributed by atoms with Crippen molar-refractivity contribution in [3.8, 4) is 5.75 Å². The van der Waals surface area contributed by atoms with E-state index in [4.69, 9.17) is 10.5 Å². The van der Waals surface area contributed by atoms with Crippen molar-refractivity contribution in [3.05, 3.63) is 65.9 Å². The molecule has 7 N–H and O–H groups in total. The Labute approximate surface area is 350 Å². The smallest absolute Gasteiger partial charge is 0.246 e. The van der Waals surface area contributed by atoms with Crippen molar-refractivity contribution in [2.24, 2.45) is 11.7 Å². The van der Waals surface area contributed by atoms with Crippen LogP contribution < -0.4 is 31.7 Å². The molecular weight excluding hydrogens is 765 g/mol. The molecule has 1 aromatic heterocycles. The van der Waals surface area contributed by atoms with Gasteiger partial charge in [0.15, 0.2) is 0 Å². The predicted octanol–water partition coefficient (Wildman–Crippen LogP) is 2.36. The van der Waals surface area contributed by atoms with E-state index < -0.39 is 65.3 Å². The number of hydrogen-bond acceptors (Lipinski definition) is 8. The first-order chi connectivity index (χ1) is 29.1. The molecule has 2 aliphatic carbocycles. The number of nitrogens with two attached hydrogens (primary N) is 1. The lowest BCUT2D eigenvalue weighted by molar-refractivity contribution is -0.150. The second-order valence-corrected chi connectivity index (χ2v) is 17.4. The first-order valence-electron chi connectivity index (χ1n) is 21.8. The van der Waals surface area contributed by atoms with E-state index >= 15 is 0 Å². The fourth-order valence-corrected chi connectivity index (χ4v) is 10.6. The van der Waals surface area contributed by atoms with Crippen LogP contribution in [0.25, 0.3) is 10.9 Å². The summed E-state index contributed by atoms with van der Waals surface area (Å²) in [5, 5.41) is 13.0. The number of carbonyl (C=O) groups is 6. The molecular formula is C45H58N8O7. The van der Waals surface area contributed by atoms with E-state index in [2.05, 4.69) is 26.3 Å². The monoisotopic (exact) mass is 822 g/mol. The number of methoxy groups -OCH3 is 1. The number of aromatic amines is 1. The highest BCUT2D eigenvalue weighted by Crippen LogP contribution is 2.41. The lowest BCUT2D eigenvalue weighted by Gasteiger charge is -2.38. The molecule has 1 spiro atoms. The van der Waals surface area contributed by atoms with E-state index in [-0.39, 0.29) is 43.7 Å². The molecule has 0 radical (unpaired) electrons. The van der Waals surface area contributed by atoms with Gasteiger partial charge in [0.25, 0.3) is 0 Å². The molecule has 0 unspecified atom stereocenters. The van der Waals surface area contributed by atoms with E-state index in [0.29, 0.717) is 57.2 Å². The van der Waals surface area contributed by atoms with Crippen LogP contribution in [0.1, 0.15) is 88.2 Å². The molecule has 2 saturated carbocycles. The fourth-order valence-electron chi connectivity index (χ4n) is 10.6. The molecule has 7 atom stereocenters. The highest BCUT2D eigenvalue weighted by Gasteiger charge is 2.52.